The van der Waals surface area contributed by atoms with Gasteiger partial charge in [0.25, 0.3) is 5.91 Å². The third-order valence-corrected chi connectivity index (χ3v) is 3.49. The molecule has 118 valence electrons. The van der Waals surface area contributed by atoms with Gasteiger partial charge in [-0.05, 0) is 36.6 Å². The van der Waals surface area contributed by atoms with Gasteiger partial charge in [0.15, 0.2) is 0 Å². The number of amides is 1. The number of aromatic nitrogens is 1. The van der Waals surface area contributed by atoms with Crippen molar-refractivity contribution >= 4 is 41.7 Å². The zero-order valence-corrected chi connectivity index (χ0v) is 13.6. The Balaban J connectivity index is 0.00000264. The molecule has 0 radical (unpaired) electrons. The zero-order chi connectivity index (χ0) is 16.1. The maximum atomic E-state index is 12.1. The molecular weight excluding hydrogens is 338 g/mol. The van der Waals surface area contributed by atoms with E-state index in [2.05, 4.69) is 10.3 Å². The SMILES string of the molecule is CSc1ccc(C(=O)Nc2ccc(C#N)cc2C(=O)O)cn1.Cl. The van der Waals surface area contributed by atoms with Crippen LogP contribution in [0.2, 0.25) is 0 Å². The quantitative estimate of drug-likeness (QED) is 0.822. The van der Waals surface area contributed by atoms with Crippen LogP contribution >= 0.6 is 24.2 Å². The highest BCUT2D eigenvalue weighted by atomic mass is 35.5. The normalized spacial score (nSPS) is 9.39. The summed E-state index contributed by atoms with van der Waals surface area (Å²) in [6.45, 7) is 0. The number of nitriles is 1. The van der Waals surface area contributed by atoms with Crippen LogP contribution in [0.25, 0.3) is 0 Å². The van der Waals surface area contributed by atoms with Gasteiger partial charge in [0.1, 0.15) is 0 Å². The molecule has 1 heterocycles. The molecule has 1 aromatic carbocycles. The van der Waals surface area contributed by atoms with Gasteiger partial charge in [-0.1, -0.05) is 0 Å². The van der Waals surface area contributed by atoms with Crippen LogP contribution in [0, 0.1) is 11.3 Å². The van der Waals surface area contributed by atoms with E-state index in [0.717, 1.165) is 5.03 Å². The van der Waals surface area contributed by atoms with Gasteiger partial charge in [-0.3, -0.25) is 4.79 Å². The molecular formula is C15H12ClN3O3S. The van der Waals surface area contributed by atoms with Crippen molar-refractivity contribution in [3.8, 4) is 6.07 Å². The molecule has 0 aliphatic carbocycles. The smallest absolute Gasteiger partial charge is 0.337 e. The van der Waals surface area contributed by atoms with Gasteiger partial charge in [-0.25, -0.2) is 9.78 Å². The molecule has 0 spiro atoms. The number of carbonyl (C=O) groups is 2. The first-order valence-electron chi connectivity index (χ1n) is 6.14. The molecule has 1 aromatic heterocycles. The summed E-state index contributed by atoms with van der Waals surface area (Å²) in [6, 6.07) is 9.22. The maximum Gasteiger partial charge on any atom is 0.337 e. The molecule has 2 rings (SSSR count). The van der Waals surface area contributed by atoms with Crippen molar-refractivity contribution in [2.24, 2.45) is 0 Å². The number of rotatable bonds is 4. The van der Waals surface area contributed by atoms with Crippen LogP contribution in [0.3, 0.4) is 0 Å². The van der Waals surface area contributed by atoms with E-state index in [-0.39, 0.29) is 29.2 Å². The molecule has 0 fully saturated rings. The van der Waals surface area contributed by atoms with Gasteiger partial charge in [0, 0.05) is 6.20 Å². The van der Waals surface area contributed by atoms with E-state index in [1.54, 1.807) is 12.1 Å². The standard InChI is InChI=1S/C15H11N3O3S.ClH/c1-22-13-5-3-10(8-17-13)14(19)18-12-4-2-9(7-16)6-11(12)15(20)21;/h2-6,8H,1H3,(H,18,19)(H,20,21);1H. The van der Waals surface area contributed by atoms with Crippen molar-refractivity contribution in [1.82, 2.24) is 4.98 Å². The molecule has 0 bridgehead atoms. The van der Waals surface area contributed by atoms with Crippen molar-refractivity contribution in [1.29, 1.82) is 5.26 Å². The number of halogens is 1. The Morgan fingerprint density at radius 2 is 2.04 bits per heavy atom. The third-order valence-electron chi connectivity index (χ3n) is 2.83. The number of aromatic carboxylic acids is 1. The van der Waals surface area contributed by atoms with E-state index >= 15 is 0 Å². The lowest BCUT2D eigenvalue weighted by molar-refractivity contribution is 0.0698. The molecule has 0 unspecified atom stereocenters. The molecule has 8 heteroatoms. The zero-order valence-electron chi connectivity index (χ0n) is 11.9. The number of carbonyl (C=O) groups excluding carboxylic acids is 1. The van der Waals surface area contributed by atoms with Crippen LogP contribution in [0.1, 0.15) is 26.3 Å². The average Bonchev–Trinajstić information content (AvgIpc) is 2.55. The number of carboxylic acid groups (broad SMARTS) is 1. The Hall–Kier alpha value is -2.56. The van der Waals surface area contributed by atoms with Gasteiger partial charge in [0.2, 0.25) is 0 Å². The van der Waals surface area contributed by atoms with E-state index < -0.39 is 11.9 Å². The molecule has 0 saturated heterocycles. The molecule has 0 aliphatic heterocycles. The number of hydrogen-bond donors (Lipinski definition) is 2. The fourth-order valence-electron chi connectivity index (χ4n) is 1.73. The van der Waals surface area contributed by atoms with Gasteiger partial charge < -0.3 is 10.4 Å². The summed E-state index contributed by atoms with van der Waals surface area (Å²) in [7, 11) is 0. The van der Waals surface area contributed by atoms with E-state index in [9.17, 15) is 9.59 Å². The summed E-state index contributed by atoms with van der Waals surface area (Å²) >= 11 is 1.45. The molecule has 0 aliphatic rings. The summed E-state index contributed by atoms with van der Waals surface area (Å²) < 4.78 is 0. The van der Waals surface area contributed by atoms with E-state index in [1.807, 2.05) is 12.3 Å². The summed E-state index contributed by atoms with van der Waals surface area (Å²) in [4.78, 5) is 27.4. The number of nitrogens with zero attached hydrogens (tertiary/aromatic N) is 2. The lowest BCUT2D eigenvalue weighted by atomic mass is 10.1. The highest BCUT2D eigenvalue weighted by Crippen LogP contribution is 2.19. The Morgan fingerprint density at radius 3 is 2.57 bits per heavy atom. The van der Waals surface area contributed by atoms with Crippen LogP contribution in [0.5, 0.6) is 0 Å². The van der Waals surface area contributed by atoms with Crippen molar-refractivity contribution in [3.05, 3.63) is 53.2 Å². The largest absolute Gasteiger partial charge is 0.478 e. The predicted molar refractivity (Wildman–Crippen MR) is 89.3 cm³/mol. The van der Waals surface area contributed by atoms with Gasteiger partial charge >= 0.3 is 5.97 Å². The Bertz CT molecular complexity index is 773. The molecule has 6 nitrogen and oxygen atoms in total. The summed E-state index contributed by atoms with van der Waals surface area (Å²) in [5.41, 5.74) is 0.520. The molecule has 2 N–H and O–H groups in total. The fourth-order valence-corrected chi connectivity index (χ4v) is 2.09. The molecule has 0 atom stereocenters. The monoisotopic (exact) mass is 349 g/mol. The fraction of sp³-hybridized carbons (Fsp3) is 0.0667. The highest BCUT2D eigenvalue weighted by molar-refractivity contribution is 7.98. The first kappa shape index (κ1) is 18.5. The highest BCUT2D eigenvalue weighted by Gasteiger charge is 2.14. The second kappa shape index (κ2) is 8.17. The third kappa shape index (κ3) is 4.45. The second-order valence-corrected chi connectivity index (χ2v) is 5.05. The molecule has 23 heavy (non-hydrogen) atoms. The maximum absolute atomic E-state index is 12.1. The Kier molecular flexibility index (Phi) is 6.57. The van der Waals surface area contributed by atoms with Crippen LogP contribution in [0.4, 0.5) is 5.69 Å². The van der Waals surface area contributed by atoms with E-state index in [4.69, 9.17) is 10.4 Å². The van der Waals surface area contributed by atoms with Gasteiger partial charge in [-0.15, -0.1) is 24.2 Å². The van der Waals surface area contributed by atoms with Crippen molar-refractivity contribution in [2.45, 2.75) is 5.03 Å². The summed E-state index contributed by atoms with van der Waals surface area (Å²) in [5.74, 6) is -1.68. The second-order valence-electron chi connectivity index (χ2n) is 4.22. The number of nitrogens with one attached hydrogen (secondary N) is 1. The first-order valence-corrected chi connectivity index (χ1v) is 7.36. The number of benzene rings is 1. The van der Waals surface area contributed by atoms with Crippen LogP contribution < -0.4 is 5.32 Å². The number of carboxylic acids is 1. The number of anilines is 1. The minimum absolute atomic E-state index is 0. The van der Waals surface area contributed by atoms with Crippen molar-refractivity contribution < 1.29 is 14.7 Å². The topological polar surface area (TPSA) is 103 Å². The minimum atomic E-state index is -1.22. The van der Waals surface area contributed by atoms with Crippen LogP contribution in [0.15, 0.2) is 41.6 Å². The molecule has 1 amide bonds. The molecule has 0 saturated carbocycles. The number of pyridine rings is 1. The average molecular weight is 350 g/mol. The Labute approximate surface area is 143 Å². The van der Waals surface area contributed by atoms with Gasteiger partial charge in [-0.2, -0.15) is 5.26 Å². The first-order chi connectivity index (χ1) is 10.5. The Morgan fingerprint density at radius 1 is 1.30 bits per heavy atom. The van der Waals surface area contributed by atoms with Crippen molar-refractivity contribution in [3.63, 3.8) is 0 Å². The summed E-state index contributed by atoms with van der Waals surface area (Å²) in [5, 5.41) is 21.3. The molecule has 2 aromatic rings. The van der Waals surface area contributed by atoms with E-state index in [0.29, 0.717) is 5.56 Å². The predicted octanol–water partition coefficient (Wildman–Crippen LogP) is 3.05. The number of hydrogen-bond acceptors (Lipinski definition) is 5. The lowest BCUT2D eigenvalue weighted by Crippen LogP contribution is -2.15. The minimum Gasteiger partial charge on any atom is -0.478 e. The van der Waals surface area contributed by atoms with Crippen molar-refractivity contribution in [2.75, 3.05) is 11.6 Å². The van der Waals surface area contributed by atoms with E-state index in [1.165, 1.54) is 36.2 Å². The number of thioether (sulfide) groups is 1. The van der Waals surface area contributed by atoms with Gasteiger partial charge in [0.05, 0.1) is 33.5 Å². The lowest BCUT2D eigenvalue weighted by Gasteiger charge is -2.09. The summed E-state index contributed by atoms with van der Waals surface area (Å²) in [6.07, 6.45) is 3.29. The van der Waals surface area contributed by atoms with Crippen LogP contribution in [-0.4, -0.2) is 28.2 Å². The van der Waals surface area contributed by atoms with Crippen LogP contribution in [-0.2, 0) is 0 Å².